The van der Waals surface area contributed by atoms with Crippen LogP contribution in [-0.4, -0.2) is 34.7 Å². The Kier molecular flexibility index (Phi) is 4.61. The molecule has 27 heavy (non-hydrogen) atoms. The van der Waals surface area contributed by atoms with Gasteiger partial charge in [0.25, 0.3) is 0 Å². The van der Waals surface area contributed by atoms with E-state index >= 15 is 0 Å². The molecule has 2 aromatic heterocycles. The number of nitrogens with zero attached hydrogens (tertiary/aromatic N) is 4. The normalized spacial score (nSPS) is 20.0. The molecule has 0 radical (unpaired) electrons. The smallest absolute Gasteiger partial charge is 0.177 e. The Bertz CT molecular complexity index is 939. The van der Waals surface area contributed by atoms with E-state index < -0.39 is 0 Å². The average molecular weight is 365 g/mol. The van der Waals surface area contributed by atoms with E-state index in [0.29, 0.717) is 17.8 Å². The minimum atomic E-state index is 0.327. The van der Waals surface area contributed by atoms with Gasteiger partial charge in [0.1, 0.15) is 5.82 Å². The third-order valence-electron chi connectivity index (χ3n) is 5.29. The molecule has 7 heteroatoms. The van der Waals surface area contributed by atoms with Crippen molar-refractivity contribution in [2.45, 2.75) is 37.6 Å². The fraction of sp³-hybridized carbons (Fsp3) is 0.400. The van der Waals surface area contributed by atoms with Crippen LogP contribution in [0.5, 0.6) is 0 Å². The zero-order chi connectivity index (χ0) is 19.0. The Labute approximate surface area is 159 Å². The van der Waals surface area contributed by atoms with Crippen LogP contribution in [0.4, 0.5) is 22.9 Å². The first-order valence-corrected chi connectivity index (χ1v) is 9.45. The summed E-state index contributed by atoms with van der Waals surface area (Å²) in [6.07, 6.45) is 6.27. The van der Waals surface area contributed by atoms with Crippen molar-refractivity contribution in [1.29, 1.82) is 0 Å². The Hall–Kier alpha value is -2.80. The molecule has 0 unspecified atom stereocenters. The monoisotopic (exact) mass is 365 g/mol. The number of anilines is 4. The summed E-state index contributed by atoms with van der Waals surface area (Å²) in [5.74, 6) is 0.904. The molecular formula is C20H27N7. The van der Waals surface area contributed by atoms with Crippen molar-refractivity contribution in [3.8, 4) is 0 Å². The van der Waals surface area contributed by atoms with Crippen molar-refractivity contribution in [2.24, 2.45) is 5.73 Å². The molecule has 142 valence electrons. The van der Waals surface area contributed by atoms with E-state index in [9.17, 15) is 0 Å². The highest BCUT2D eigenvalue weighted by Gasteiger charge is 2.23. The van der Waals surface area contributed by atoms with Gasteiger partial charge in [0.05, 0.1) is 17.6 Å². The van der Waals surface area contributed by atoms with Crippen molar-refractivity contribution < 1.29 is 0 Å². The second kappa shape index (κ2) is 7.08. The van der Waals surface area contributed by atoms with Crippen molar-refractivity contribution in [3.63, 3.8) is 0 Å². The number of benzene rings is 1. The molecule has 0 amide bonds. The molecule has 1 aromatic carbocycles. The van der Waals surface area contributed by atoms with Gasteiger partial charge in [-0.15, -0.1) is 5.10 Å². The average Bonchev–Trinajstić information content (AvgIpc) is 3.06. The maximum atomic E-state index is 6.05. The molecule has 1 aliphatic carbocycles. The number of nitrogens with one attached hydrogen (secondary N) is 1. The molecule has 7 nitrogen and oxygen atoms in total. The highest BCUT2D eigenvalue weighted by Crippen LogP contribution is 2.33. The minimum Gasteiger partial charge on any atom is -0.382 e. The third kappa shape index (κ3) is 3.68. The molecule has 1 saturated carbocycles. The molecule has 0 saturated heterocycles. The second-order valence-electron chi connectivity index (χ2n) is 7.60. The maximum absolute atomic E-state index is 6.05. The molecule has 0 spiro atoms. The van der Waals surface area contributed by atoms with E-state index in [4.69, 9.17) is 16.5 Å². The SMILES string of the molecule is CN(C)c1cccc(Nc2cc(N)nn3cc([C@H]4CC[C@H](N)CC4)nc23)c1. The molecule has 0 atom stereocenters. The van der Waals surface area contributed by atoms with E-state index in [2.05, 4.69) is 27.4 Å². The molecule has 3 aromatic rings. The third-order valence-corrected chi connectivity index (χ3v) is 5.29. The largest absolute Gasteiger partial charge is 0.382 e. The summed E-state index contributed by atoms with van der Waals surface area (Å²) < 4.78 is 1.79. The number of fused-ring (bicyclic) bond motifs is 1. The van der Waals surface area contributed by atoms with Crippen LogP contribution in [0.2, 0.25) is 0 Å². The van der Waals surface area contributed by atoms with E-state index in [1.54, 1.807) is 4.52 Å². The molecule has 2 heterocycles. The zero-order valence-electron chi connectivity index (χ0n) is 15.9. The summed E-state index contributed by atoms with van der Waals surface area (Å²) in [6, 6.07) is 10.4. The number of hydrogen-bond donors (Lipinski definition) is 3. The van der Waals surface area contributed by atoms with Crippen molar-refractivity contribution in [2.75, 3.05) is 30.0 Å². The van der Waals surface area contributed by atoms with Gasteiger partial charge < -0.3 is 21.7 Å². The van der Waals surface area contributed by atoms with E-state index in [0.717, 1.165) is 54.1 Å². The predicted molar refractivity (Wildman–Crippen MR) is 111 cm³/mol. The first kappa shape index (κ1) is 17.6. The molecule has 5 N–H and O–H groups in total. The standard InChI is InChI=1S/C20H27N7/c1-26(2)16-5-3-4-15(10-16)23-17-11-19(22)25-27-12-18(24-20(17)27)13-6-8-14(21)9-7-13/h3-5,10-14,23H,6-9,21H2,1-2H3,(H2,22,25)/t13-,14-. The zero-order valence-corrected chi connectivity index (χ0v) is 15.9. The number of nitrogens with two attached hydrogens (primary N) is 2. The first-order chi connectivity index (χ1) is 13.0. The Morgan fingerprint density at radius 1 is 1.15 bits per heavy atom. The van der Waals surface area contributed by atoms with Gasteiger partial charge in [-0.3, -0.25) is 0 Å². The fourth-order valence-corrected chi connectivity index (χ4v) is 3.74. The number of rotatable bonds is 4. The summed E-state index contributed by atoms with van der Waals surface area (Å²) in [6.45, 7) is 0. The number of imidazole rings is 1. The minimum absolute atomic E-state index is 0.327. The lowest BCUT2D eigenvalue weighted by molar-refractivity contribution is 0.391. The van der Waals surface area contributed by atoms with Gasteiger partial charge in [-0.1, -0.05) is 6.07 Å². The van der Waals surface area contributed by atoms with E-state index in [-0.39, 0.29) is 0 Å². The second-order valence-corrected chi connectivity index (χ2v) is 7.60. The summed E-state index contributed by atoms with van der Waals surface area (Å²) in [7, 11) is 4.05. The van der Waals surface area contributed by atoms with Gasteiger partial charge >= 0.3 is 0 Å². The highest BCUT2D eigenvalue weighted by molar-refractivity contribution is 5.76. The van der Waals surface area contributed by atoms with E-state index in [1.807, 2.05) is 38.5 Å². The summed E-state index contributed by atoms with van der Waals surface area (Å²) in [5, 5.41) is 7.87. The van der Waals surface area contributed by atoms with E-state index in [1.165, 1.54) is 0 Å². The van der Waals surface area contributed by atoms with Crippen molar-refractivity contribution in [1.82, 2.24) is 14.6 Å². The molecule has 0 aliphatic heterocycles. The maximum Gasteiger partial charge on any atom is 0.177 e. The fourth-order valence-electron chi connectivity index (χ4n) is 3.74. The van der Waals surface area contributed by atoms with Crippen LogP contribution in [0.3, 0.4) is 0 Å². The van der Waals surface area contributed by atoms with Gasteiger partial charge in [0.2, 0.25) is 0 Å². The predicted octanol–water partition coefficient (Wildman–Crippen LogP) is 3.11. The van der Waals surface area contributed by atoms with Crippen LogP contribution in [0.25, 0.3) is 5.65 Å². The summed E-state index contributed by atoms with van der Waals surface area (Å²) in [4.78, 5) is 6.96. The number of aromatic nitrogens is 3. The van der Waals surface area contributed by atoms with Crippen molar-refractivity contribution in [3.05, 3.63) is 42.2 Å². The van der Waals surface area contributed by atoms with Gasteiger partial charge in [-0.25, -0.2) is 9.50 Å². The molecule has 1 fully saturated rings. The lowest BCUT2D eigenvalue weighted by Gasteiger charge is -2.24. The Morgan fingerprint density at radius 3 is 2.67 bits per heavy atom. The number of hydrogen-bond acceptors (Lipinski definition) is 6. The van der Waals surface area contributed by atoms with Gasteiger partial charge in [0.15, 0.2) is 5.65 Å². The Morgan fingerprint density at radius 2 is 1.93 bits per heavy atom. The van der Waals surface area contributed by atoms with Gasteiger partial charge in [-0.2, -0.15) is 0 Å². The van der Waals surface area contributed by atoms with Crippen LogP contribution < -0.4 is 21.7 Å². The topological polar surface area (TPSA) is 97.5 Å². The van der Waals surface area contributed by atoms with Crippen LogP contribution in [0.1, 0.15) is 37.3 Å². The summed E-state index contributed by atoms with van der Waals surface area (Å²) >= 11 is 0. The van der Waals surface area contributed by atoms with Crippen LogP contribution in [-0.2, 0) is 0 Å². The Balaban J connectivity index is 1.67. The molecular weight excluding hydrogens is 338 g/mol. The number of nitrogen functional groups attached to an aromatic ring is 1. The van der Waals surface area contributed by atoms with Crippen molar-refractivity contribution >= 4 is 28.5 Å². The molecule has 1 aliphatic rings. The van der Waals surface area contributed by atoms with Gasteiger partial charge in [-0.05, 0) is 43.9 Å². The lowest BCUT2D eigenvalue weighted by Crippen LogP contribution is -2.25. The quantitative estimate of drug-likeness (QED) is 0.657. The van der Waals surface area contributed by atoms with Crippen LogP contribution in [0, 0.1) is 0 Å². The van der Waals surface area contributed by atoms with Gasteiger partial charge in [0, 0.05) is 43.5 Å². The first-order valence-electron chi connectivity index (χ1n) is 9.45. The molecule has 4 rings (SSSR count). The van der Waals surface area contributed by atoms with Crippen LogP contribution in [0.15, 0.2) is 36.5 Å². The molecule has 0 bridgehead atoms. The summed E-state index contributed by atoms with van der Waals surface area (Å²) in [5.41, 5.74) is 16.9. The highest BCUT2D eigenvalue weighted by atomic mass is 15.3. The van der Waals surface area contributed by atoms with Crippen LogP contribution >= 0.6 is 0 Å². The lowest BCUT2D eigenvalue weighted by atomic mass is 9.85.